The van der Waals surface area contributed by atoms with E-state index >= 15 is 0 Å². The van der Waals surface area contributed by atoms with E-state index < -0.39 is 4.92 Å². The lowest BCUT2D eigenvalue weighted by molar-refractivity contribution is -0.384. The van der Waals surface area contributed by atoms with Crippen molar-refractivity contribution in [2.45, 2.75) is 0 Å². The van der Waals surface area contributed by atoms with Crippen LogP contribution in [0, 0.1) is 10.1 Å². The number of methoxy groups -OCH3 is 2. The zero-order chi connectivity index (χ0) is 15.0. The zero-order valence-electron chi connectivity index (χ0n) is 11.5. The van der Waals surface area contributed by atoms with Gasteiger partial charge in [0.15, 0.2) is 11.5 Å². The van der Waals surface area contributed by atoms with Crippen LogP contribution in [-0.4, -0.2) is 45.6 Å². The fourth-order valence-corrected chi connectivity index (χ4v) is 1.42. The topological polar surface area (TPSA) is 106 Å². The van der Waals surface area contributed by atoms with Crippen LogP contribution in [0.5, 0.6) is 11.5 Å². The number of benzene rings is 1. The largest absolute Gasteiger partial charge is 0.487 e. The van der Waals surface area contributed by atoms with Crippen LogP contribution in [-0.2, 0) is 9.47 Å². The summed E-state index contributed by atoms with van der Waals surface area (Å²) in [6.07, 6.45) is 0. The maximum atomic E-state index is 10.9. The van der Waals surface area contributed by atoms with Gasteiger partial charge in [0.05, 0.1) is 24.2 Å². The maximum absolute atomic E-state index is 10.9. The average molecular weight is 286 g/mol. The minimum absolute atomic E-state index is 0.0153. The molecule has 20 heavy (non-hydrogen) atoms. The summed E-state index contributed by atoms with van der Waals surface area (Å²) in [5.74, 6) is 0.584. The highest BCUT2D eigenvalue weighted by molar-refractivity contribution is 5.65. The zero-order valence-corrected chi connectivity index (χ0v) is 11.5. The molecule has 0 radical (unpaired) electrons. The molecule has 8 heteroatoms. The van der Waals surface area contributed by atoms with Crippen molar-refractivity contribution >= 4 is 11.4 Å². The van der Waals surface area contributed by atoms with E-state index in [-0.39, 0.29) is 30.3 Å². The first kappa shape index (κ1) is 16.0. The minimum Gasteiger partial charge on any atom is -0.487 e. The van der Waals surface area contributed by atoms with Gasteiger partial charge in [-0.1, -0.05) is 0 Å². The van der Waals surface area contributed by atoms with Crippen LogP contribution in [0.25, 0.3) is 0 Å². The predicted octanol–water partition coefficient (Wildman–Crippen LogP) is 1.23. The summed E-state index contributed by atoms with van der Waals surface area (Å²) in [5.41, 5.74) is 5.41. The molecule has 0 unspecified atom stereocenters. The number of nitro benzene ring substituents is 1. The standard InChI is InChI=1S/C12H18N2O6/c1-17-3-5-19-11-7-9(13)10(14(15)16)8-12(11)20-6-4-18-2/h7-8H,3-6,13H2,1-2H3. The number of hydrogen-bond acceptors (Lipinski definition) is 7. The lowest BCUT2D eigenvalue weighted by atomic mass is 10.2. The van der Waals surface area contributed by atoms with E-state index in [1.807, 2.05) is 0 Å². The van der Waals surface area contributed by atoms with Crippen LogP contribution in [0.4, 0.5) is 11.4 Å². The van der Waals surface area contributed by atoms with Gasteiger partial charge in [0.25, 0.3) is 5.69 Å². The second-order valence-electron chi connectivity index (χ2n) is 3.80. The Hall–Kier alpha value is -2.06. The van der Waals surface area contributed by atoms with Gasteiger partial charge in [-0.3, -0.25) is 10.1 Å². The first-order chi connectivity index (χ1) is 9.60. The number of nitrogens with two attached hydrogens (primary N) is 1. The monoisotopic (exact) mass is 286 g/mol. The molecule has 1 rings (SSSR count). The Balaban J connectivity index is 2.93. The number of nitro groups is 1. The lowest BCUT2D eigenvalue weighted by Gasteiger charge is -2.13. The second kappa shape index (κ2) is 8.18. The van der Waals surface area contributed by atoms with Gasteiger partial charge in [-0.15, -0.1) is 0 Å². The first-order valence-electron chi connectivity index (χ1n) is 5.91. The predicted molar refractivity (Wildman–Crippen MR) is 72.3 cm³/mol. The highest BCUT2D eigenvalue weighted by Gasteiger charge is 2.18. The smallest absolute Gasteiger partial charge is 0.296 e. The lowest BCUT2D eigenvalue weighted by Crippen LogP contribution is -2.09. The summed E-state index contributed by atoms with van der Waals surface area (Å²) in [6.45, 7) is 1.27. The van der Waals surface area contributed by atoms with Crippen molar-refractivity contribution in [1.82, 2.24) is 0 Å². The molecule has 112 valence electrons. The number of nitrogen functional groups attached to an aromatic ring is 1. The van der Waals surface area contributed by atoms with Crippen LogP contribution in [0.15, 0.2) is 12.1 Å². The maximum Gasteiger partial charge on any atom is 0.296 e. The molecule has 0 aliphatic rings. The minimum atomic E-state index is -0.572. The van der Waals surface area contributed by atoms with E-state index in [4.69, 9.17) is 24.7 Å². The Morgan fingerprint density at radius 1 is 1.05 bits per heavy atom. The van der Waals surface area contributed by atoms with Crippen LogP contribution in [0.3, 0.4) is 0 Å². The van der Waals surface area contributed by atoms with Crippen molar-refractivity contribution in [1.29, 1.82) is 0 Å². The summed E-state index contributed by atoms with van der Waals surface area (Å²) < 4.78 is 20.6. The second-order valence-corrected chi connectivity index (χ2v) is 3.80. The molecule has 0 saturated heterocycles. The van der Waals surface area contributed by atoms with E-state index in [9.17, 15) is 10.1 Å². The summed E-state index contributed by atoms with van der Waals surface area (Å²) in [6, 6.07) is 2.61. The number of ether oxygens (including phenoxy) is 4. The van der Waals surface area contributed by atoms with E-state index in [1.54, 1.807) is 7.11 Å². The van der Waals surface area contributed by atoms with Gasteiger partial charge in [-0.25, -0.2) is 0 Å². The van der Waals surface area contributed by atoms with Crippen molar-refractivity contribution < 1.29 is 23.9 Å². The third kappa shape index (κ3) is 4.56. The van der Waals surface area contributed by atoms with E-state index in [2.05, 4.69) is 0 Å². The fourth-order valence-electron chi connectivity index (χ4n) is 1.42. The molecule has 0 amide bonds. The Labute approximate surface area is 116 Å². The van der Waals surface area contributed by atoms with Crippen molar-refractivity contribution in [2.24, 2.45) is 0 Å². The molecule has 0 aliphatic carbocycles. The summed E-state index contributed by atoms with van der Waals surface area (Å²) >= 11 is 0. The van der Waals surface area contributed by atoms with Crippen molar-refractivity contribution in [3.8, 4) is 11.5 Å². The molecule has 1 aromatic carbocycles. The van der Waals surface area contributed by atoms with Crippen LogP contribution < -0.4 is 15.2 Å². The van der Waals surface area contributed by atoms with Crippen LogP contribution >= 0.6 is 0 Å². The van der Waals surface area contributed by atoms with Gasteiger partial charge in [0.1, 0.15) is 18.9 Å². The molecule has 0 aliphatic heterocycles. The molecule has 0 heterocycles. The highest BCUT2D eigenvalue weighted by atomic mass is 16.6. The van der Waals surface area contributed by atoms with Gasteiger partial charge in [-0.2, -0.15) is 0 Å². The van der Waals surface area contributed by atoms with E-state index in [1.165, 1.54) is 19.2 Å². The van der Waals surface area contributed by atoms with Gasteiger partial charge in [0, 0.05) is 20.3 Å². The van der Waals surface area contributed by atoms with Gasteiger partial charge in [-0.05, 0) is 0 Å². The fraction of sp³-hybridized carbons (Fsp3) is 0.500. The summed E-state index contributed by atoms with van der Waals surface area (Å²) in [5, 5.41) is 10.9. The Morgan fingerprint density at radius 3 is 2.00 bits per heavy atom. The van der Waals surface area contributed by atoms with E-state index in [0.29, 0.717) is 19.0 Å². The molecular formula is C12H18N2O6. The number of anilines is 1. The Bertz CT molecular complexity index is 452. The van der Waals surface area contributed by atoms with Crippen molar-refractivity contribution in [3.05, 3.63) is 22.2 Å². The highest BCUT2D eigenvalue weighted by Crippen LogP contribution is 2.36. The molecule has 0 bridgehead atoms. The average Bonchev–Trinajstić information content (AvgIpc) is 2.41. The summed E-state index contributed by atoms with van der Waals surface area (Å²) in [4.78, 5) is 10.3. The molecule has 1 aromatic rings. The van der Waals surface area contributed by atoms with Crippen molar-refractivity contribution in [3.63, 3.8) is 0 Å². The molecule has 0 atom stereocenters. The first-order valence-corrected chi connectivity index (χ1v) is 5.91. The molecule has 2 N–H and O–H groups in total. The Morgan fingerprint density at radius 2 is 1.55 bits per heavy atom. The van der Waals surface area contributed by atoms with Gasteiger partial charge in [0.2, 0.25) is 0 Å². The molecule has 8 nitrogen and oxygen atoms in total. The molecule has 0 saturated carbocycles. The molecular weight excluding hydrogens is 268 g/mol. The normalized spacial score (nSPS) is 10.3. The number of rotatable bonds is 9. The quantitative estimate of drug-likeness (QED) is 0.315. The summed E-state index contributed by atoms with van der Waals surface area (Å²) in [7, 11) is 3.08. The number of nitrogens with zero attached hydrogens (tertiary/aromatic N) is 1. The number of hydrogen-bond donors (Lipinski definition) is 1. The van der Waals surface area contributed by atoms with Crippen molar-refractivity contribution in [2.75, 3.05) is 46.4 Å². The molecule has 0 aromatic heterocycles. The SMILES string of the molecule is COCCOc1cc(N)c([N+](=O)[O-])cc1OCCOC. The molecule has 0 spiro atoms. The third-order valence-electron chi connectivity index (χ3n) is 2.38. The van der Waals surface area contributed by atoms with Gasteiger partial charge < -0.3 is 24.7 Å². The van der Waals surface area contributed by atoms with Gasteiger partial charge >= 0.3 is 0 Å². The van der Waals surface area contributed by atoms with Crippen LogP contribution in [0.1, 0.15) is 0 Å². The Kier molecular flexibility index (Phi) is 6.54. The van der Waals surface area contributed by atoms with E-state index in [0.717, 1.165) is 0 Å². The van der Waals surface area contributed by atoms with Crippen LogP contribution in [0.2, 0.25) is 0 Å². The molecule has 0 fully saturated rings. The third-order valence-corrected chi connectivity index (χ3v) is 2.38.